The van der Waals surface area contributed by atoms with Crippen molar-refractivity contribution < 1.29 is 4.79 Å². The van der Waals surface area contributed by atoms with Crippen LogP contribution < -0.4 is 5.32 Å². The molecular formula is C10H10N6O. The molecular weight excluding hydrogens is 220 g/mol. The molecule has 7 nitrogen and oxygen atoms in total. The lowest BCUT2D eigenvalue weighted by atomic mass is 10.2. The topological polar surface area (TPSA) is 85.6 Å². The van der Waals surface area contributed by atoms with Gasteiger partial charge in [-0.25, -0.2) is 4.98 Å². The van der Waals surface area contributed by atoms with Crippen molar-refractivity contribution in [3.8, 4) is 11.5 Å². The lowest BCUT2D eigenvalue weighted by molar-refractivity contribution is 0.0900. The van der Waals surface area contributed by atoms with E-state index in [4.69, 9.17) is 0 Å². The van der Waals surface area contributed by atoms with Crippen LogP contribution in [-0.4, -0.2) is 36.7 Å². The highest BCUT2D eigenvalue weighted by Crippen LogP contribution is 2.17. The average Bonchev–Trinajstić information content (AvgIpc) is 2.74. The maximum atomic E-state index is 11.7. The van der Waals surface area contributed by atoms with E-state index in [0.29, 0.717) is 23.9 Å². The second kappa shape index (κ2) is 3.62. The van der Waals surface area contributed by atoms with Crippen molar-refractivity contribution in [2.45, 2.75) is 19.5 Å². The van der Waals surface area contributed by atoms with Gasteiger partial charge in [0, 0.05) is 25.0 Å². The molecule has 1 aliphatic rings. The zero-order valence-electron chi connectivity index (χ0n) is 9.16. The Bertz CT molecular complexity index is 563. The Hall–Kier alpha value is -2.31. The van der Waals surface area contributed by atoms with Gasteiger partial charge in [0.2, 0.25) is 5.82 Å². The Morgan fingerprint density at radius 1 is 1.35 bits per heavy atom. The van der Waals surface area contributed by atoms with Gasteiger partial charge in [0.15, 0.2) is 5.82 Å². The van der Waals surface area contributed by atoms with Crippen LogP contribution in [0.2, 0.25) is 0 Å². The maximum Gasteiger partial charge on any atom is 0.289 e. The molecule has 3 heterocycles. The molecule has 86 valence electrons. The van der Waals surface area contributed by atoms with Crippen LogP contribution in [0, 0.1) is 0 Å². The molecule has 0 aromatic carbocycles. The first kappa shape index (κ1) is 9.88. The summed E-state index contributed by atoms with van der Waals surface area (Å²) in [7, 11) is 0. The standard InChI is InChI=1S/C10H10N6O/c1-6-5-16-8(7-4-11-2-3-12-7)14-15-9(16)10(17)13-6/h2-4,6H,5H2,1H3,(H,13,17). The van der Waals surface area contributed by atoms with Crippen LogP contribution in [0.4, 0.5) is 0 Å². The van der Waals surface area contributed by atoms with Crippen molar-refractivity contribution in [1.82, 2.24) is 30.0 Å². The van der Waals surface area contributed by atoms with Crippen molar-refractivity contribution in [2.24, 2.45) is 0 Å². The lowest BCUT2D eigenvalue weighted by Crippen LogP contribution is -2.42. The summed E-state index contributed by atoms with van der Waals surface area (Å²) in [6, 6.07) is 0.0569. The first-order chi connectivity index (χ1) is 8.25. The predicted molar refractivity (Wildman–Crippen MR) is 58.0 cm³/mol. The SMILES string of the molecule is CC1Cn2c(nnc2-c2cnccn2)C(=O)N1. The molecule has 1 amide bonds. The van der Waals surface area contributed by atoms with Crippen molar-refractivity contribution >= 4 is 5.91 Å². The molecule has 1 N–H and O–H groups in total. The third kappa shape index (κ3) is 1.55. The van der Waals surface area contributed by atoms with Gasteiger partial charge in [0.1, 0.15) is 5.69 Å². The van der Waals surface area contributed by atoms with Crippen molar-refractivity contribution in [3.63, 3.8) is 0 Å². The second-order valence-electron chi connectivity index (χ2n) is 3.92. The average molecular weight is 230 g/mol. The molecule has 0 radical (unpaired) electrons. The third-order valence-electron chi connectivity index (χ3n) is 2.58. The summed E-state index contributed by atoms with van der Waals surface area (Å²) in [6.07, 6.45) is 4.78. The van der Waals surface area contributed by atoms with Crippen LogP contribution in [0.15, 0.2) is 18.6 Å². The minimum atomic E-state index is -0.202. The Labute approximate surface area is 96.9 Å². The maximum absolute atomic E-state index is 11.7. The zero-order valence-corrected chi connectivity index (χ0v) is 9.16. The highest BCUT2D eigenvalue weighted by Gasteiger charge is 2.27. The fourth-order valence-corrected chi connectivity index (χ4v) is 1.86. The molecule has 0 aliphatic carbocycles. The molecule has 7 heteroatoms. The van der Waals surface area contributed by atoms with Crippen LogP contribution in [0.3, 0.4) is 0 Å². The molecule has 0 saturated carbocycles. The molecule has 2 aromatic rings. The van der Waals surface area contributed by atoms with E-state index in [9.17, 15) is 4.79 Å². The highest BCUT2D eigenvalue weighted by atomic mass is 16.2. The molecule has 1 atom stereocenters. The van der Waals surface area contributed by atoms with E-state index in [2.05, 4.69) is 25.5 Å². The zero-order chi connectivity index (χ0) is 11.8. The van der Waals surface area contributed by atoms with Crippen LogP contribution in [0.5, 0.6) is 0 Å². The summed E-state index contributed by atoms with van der Waals surface area (Å²) >= 11 is 0. The van der Waals surface area contributed by atoms with Gasteiger partial charge in [-0.15, -0.1) is 10.2 Å². The molecule has 1 unspecified atom stereocenters. The summed E-state index contributed by atoms with van der Waals surface area (Å²) in [5.41, 5.74) is 0.619. The second-order valence-corrected chi connectivity index (χ2v) is 3.92. The molecule has 0 bridgehead atoms. The number of hydrogen-bond acceptors (Lipinski definition) is 5. The minimum Gasteiger partial charge on any atom is -0.345 e. The van der Waals surface area contributed by atoms with Crippen molar-refractivity contribution in [1.29, 1.82) is 0 Å². The summed E-state index contributed by atoms with van der Waals surface area (Å²) < 4.78 is 1.77. The molecule has 0 fully saturated rings. The van der Waals surface area contributed by atoms with Gasteiger partial charge in [-0.3, -0.25) is 14.3 Å². The highest BCUT2D eigenvalue weighted by molar-refractivity contribution is 5.92. The van der Waals surface area contributed by atoms with Gasteiger partial charge in [0.25, 0.3) is 5.91 Å². The quantitative estimate of drug-likeness (QED) is 0.737. The summed E-state index contributed by atoms with van der Waals surface area (Å²) in [5.74, 6) is 0.699. The normalized spacial score (nSPS) is 18.6. The molecule has 17 heavy (non-hydrogen) atoms. The lowest BCUT2D eigenvalue weighted by Gasteiger charge is -2.21. The Morgan fingerprint density at radius 3 is 2.94 bits per heavy atom. The van der Waals surface area contributed by atoms with E-state index in [1.807, 2.05) is 6.92 Å². The fourth-order valence-electron chi connectivity index (χ4n) is 1.86. The first-order valence-electron chi connectivity index (χ1n) is 5.26. The van der Waals surface area contributed by atoms with Gasteiger partial charge < -0.3 is 5.32 Å². The number of carbonyl (C=O) groups excluding carboxylic acids is 1. The fraction of sp³-hybridized carbons (Fsp3) is 0.300. The summed E-state index contributed by atoms with van der Waals surface area (Å²) in [6.45, 7) is 2.57. The Kier molecular flexibility index (Phi) is 2.10. The van der Waals surface area contributed by atoms with E-state index < -0.39 is 0 Å². The van der Waals surface area contributed by atoms with E-state index in [1.165, 1.54) is 0 Å². The van der Waals surface area contributed by atoms with Gasteiger partial charge in [-0.2, -0.15) is 0 Å². The molecule has 3 rings (SSSR count). The number of aromatic nitrogens is 5. The van der Waals surface area contributed by atoms with E-state index in [1.54, 1.807) is 23.2 Å². The molecule has 1 aliphatic heterocycles. The van der Waals surface area contributed by atoms with Gasteiger partial charge in [-0.05, 0) is 6.92 Å². The number of rotatable bonds is 1. The molecule has 0 spiro atoms. The van der Waals surface area contributed by atoms with Gasteiger partial charge in [0.05, 0.1) is 6.20 Å². The number of nitrogens with one attached hydrogen (secondary N) is 1. The van der Waals surface area contributed by atoms with E-state index in [-0.39, 0.29) is 11.9 Å². The monoisotopic (exact) mass is 230 g/mol. The number of hydrogen-bond donors (Lipinski definition) is 1. The number of nitrogens with zero attached hydrogens (tertiary/aromatic N) is 5. The number of amides is 1. The Balaban J connectivity index is 2.12. The van der Waals surface area contributed by atoms with E-state index in [0.717, 1.165) is 0 Å². The van der Waals surface area contributed by atoms with Gasteiger partial charge in [-0.1, -0.05) is 0 Å². The van der Waals surface area contributed by atoms with Crippen molar-refractivity contribution in [3.05, 3.63) is 24.4 Å². The summed E-state index contributed by atoms with van der Waals surface area (Å²) in [4.78, 5) is 19.8. The molecule has 2 aromatic heterocycles. The predicted octanol–water partition coefficient (Wildman–Crippen LogP) is -0.133. The van der Waals surface area contributed by atoms with E-state index >= 15 is 0 Å². The smallest absolute Gasteiger partial charge is 0.289 e. The summed E-state index contributed by atoms with van der Waals surface area (Å²) in [5, 5.41) is 10.7. The van der Waals surface area contributed by atoms with Gasteiger partial charge >= 0.3 is 0 Å². The third-order valence-corrected chi connectivity index (χ3v) is 2.58. The number of fused-ring (bicyclic) bond motifs is 1. The number of carbonyl (C=O) groups is 1. The van der Waals surface area contributed by atoms with Crippen molar-refractivity contribution in [2.75, 3.05) is 0 Å². The van der Waals surface area contributed by atoms with Crippen LogP contribution in [-0.2, 0) is 6.54 Å². The van der Waals surface area contributed by atoms with Crippen LogP contribution in [0.25, 0.3) is 11.5 Å². The largest absolute Gasteiger partial charge is 0.345 e. The first-order valence-corrected chi connectivity index (χ1v) is 5.26. The molecule has 0 saturated heterocycles. The minimum absolute atomic E-state index is 0.0569. The van der Waals surface area contributed by atoms with Crippen LogP contribution >= 0.6 is 0 Å². The Morgan fingerprint density at radius 2 is 2.18 bits per heavy atom. The van der Waals surface area contributed by atoms with Crippen LogP contribution in [0.1, 0.15) is 17.5 Å².